The van der Waals surface area contributed by atoms with Crippen molar-refractivity contribution in [2.24, 2.45) is 5.92 Å². The van der Waals surface area contributed by atoms with Gasteiger partial charge < -0.3 is 5.11 Å². The molecule has 0 radical (unpaired) electrons. The molecule has 0 spiro atoms. The van der Waals surface area contributed by atoms with Crippen LogP contribution in [0.5, 0.6) is 0 Å². The fourth-order valence-electron chi connectivity index (χ4n) is 2.52. The maximum absolute atomic E-state index is 12.5. The molecule has 2 rings (SSSR count). The molecule has 1 unspecified atom stereocenters. The smallest absolute Gasteiger partial charge is 0.243 e. The third-order valence-corrected chi connectivity index (χ3v) is 6.75. The minimum atomic E-state index is -3.37. The Labute approximate surface area is 119 Å². The van der Waals surface area contributed by atoms with Gasteiger partial charge in [0.25, 0.3) is 0 Å². The van der Waals surface area contributed by atoms with Crippen molar-refractivity contribution in [3.05, 3.63) is 16.3 Å². The lowest BCUT2D eigenvalue weighted by molar-refractivity contribution is 0.285. The molecular weight excluding hydrogens is 282 g/mol. The highest BCUT2D eigenvalue weighted by atomic mass is 32.2. The van der Waals surface area contributed by atoms with E-state index >= 15 is 0 Å². The summed E-state index contributed by atoms with van der Waals surface area (Å²) in [5.41, 5.74) is 0. The van der Waals surface area contributed by atoms with Gasteiger partial charge in [-0.05, 0) is 31.2 Å². The quantitative estimate of drug-likeness (QED) is 0.929. The van der Waals surface area contributed by atoms with Crippen molar-refractivity contribution < 1.29 is 13.5 Å². The van der Waals surface area contributed by atoms with Crippen LogP contribution in [0.4, 0.5) is 0 Å². The number of thiophene rings is 1. The highest BCUT2D eigenvalue weighted by Gasteiger charge is 2.27. The molecule has 2 heterocycles. The topological polar surface area (TPSA) is 57.6 Å². The van der Waals surface area contributed by atoms with Crippen LogP contribution in [-0.4, -0.2) is 30.9 Å². The van der Waals surface area contributed by atoms with Crippen LogP contribution in [0.1, 0.15) is 37.5 Å². The Morgan fingerprint density at radius 2 is 2.21 bits per heavy atom. The van der Waals surface area contributed by atoms with Crippen LogP contribution in [0.25, 0.3) is 0 Å². The molecule has 1 atom stereocenters. The lowest BCUT2D eigenvalue weighted by atomic mass is 9.98. The Morgan fingerprint density at radius 1 is 1.42 bits per heavy atom. The molecule has 0 amide bonds. The number of aliphatic hydroxyl groups is 1. The molecule has 1 saturated heterocycles. The van der Waals surface area contributed by atoms with E-state index in [4.69, 9.17) is 5.11 Å². The molecule has 1 aromatic heterocycles. The first-order valence-electron chi connectivity index (χ1n) is 6.76. The molecule has 0 aliphatic carbocycles. The van der Waals surface area contributed by atoms with E-state index in [1.54, 1.807) is 15.8 Å². The van der Waals surface area contributed by atoms with Gasteiger partial charge >= 0.3 is 0 Å². The van der Waals surface area contributed by atoms with Crippen molar-refractivity contribution in [2.75, 3.05) is 13.1 Å². The molecule has 0 aromatic carbocycles. The molecule has 1 N–H and O–H groups in total. The number of nitrogens with zero attached hydrogens (tertiary/aromatic N) is 1. The molecule has 1 aliphatic rings. The summed E-state index contributed by atoms with van der Waals surface area (Å²) in [7, 11) is -3.37. The largest absolute Gasteiger partial charge is 0.391 e. The predicted molar refractivity (Wildman–Crippen MR) is 76.6 cm³/mol. The molecule has 19 heavy (non-hydrogen) atoms. The molecule has 4 nitrogen and oxygen atoms in total. The highest BCUT2D eigenvalue weighted by Crippen LogP contribution is 2.27. The van der Waals surface area contributed by atoms with Gasteiger partial charge in [-0.15, -0.1) is 11.3 Å². The van der Waals surface area contributed by atoms with Gasteiger partial charge in [-0.2, -0.15) is 4.31 Å². The third kappa shape index (κ3) is 3.37. The molecule has 108 valence electrons. The first-order chi connectivity index (χ1) is 9.07. The van der Waals surface area contributed by atoms with Crippen LogP contribution in [0.2, 0.25) is 0 Å². The standard InChI is InChI=1S/C13H21NO3S2/c1-2-11-4-3-6-14(7-5-11)19(16,17)13-8-12(9-15)18-10-13/h8,10-11,15H,2-7,9H2,1H3. The lowest BCUT2D eigenvalue weighted by Gasteiger charge is -2.19. The first-order valence-corrected chi connectivity index (χ1v) is 9.08. The Bertz CT molecular complexity index is 510. The molecular formula is C13H21NO3S2. The van der Waals surface area contributed by atoms with Crippen LogP contribution in [-0.2, 0) is 16.6 Å². The Balaban J connectivity index is 2.15. The maximum Gasteiger partial charge on any atom is 0.243 e. The van der Waals surface area contributed by atoms with Crippen molar-refractivity contribution in [1.29, 1.82) is 0 Å². The van der Waals surface area contributed by atoms with E-state index in [2.05, 4.69) is 6.92 Å². The van der Waals surface area contributed by atoms with Gasteiger partial charge in [-0.3, -0.25) is 0 Å². The van der Waals surface area contributed by atoms with Gasteiger partial charge in [-0.25, -0.2) is 8.42 Å². The molecule has 6 heteroatoms. The van der Waals surface area contributed by atoms with Crippen LogP contribution in [0.3, 0.4) is 0 Å². The average molecular weight is 303 g/mol. The maximum atomic E-state index is 12.5. The van der Waals surface area contributed by atoms with E-state index in [-0.39, 0.29) is 6.61 Å². The Hall–Kier alpha value is -0.430. The second-order valence-electron chi connectivity index (χ2n) is 5.02. The summed E-state index contributed by atoms with van der Waals surface area (Å²) in [4.78, 5) is 1.02. The molecule has 0 saturated carbocycles. The highest BCUT2D eigenvalue weighted by molar-refractivity contribution is 7.89. The fraction of sp³-hybridized carbons (Fsp3) is 0.692. The van der Waals surface area contributed by atoms with Crippen molar-refractivity contribution >= 4 is 21.4 Å². The Morgan fingerprint density at radius 3 is 2.84 bits per heavy atom. The van der Waals surface area contributed by atoms with Crippen LogP contribution in [0, 0.1) is 5.92 Å². The number of hydrogen-bond donors (Lipinski definition) is 1. The van der Waals surface area contributed by atoms with Crippen molar-refractivity contribution in [2.45, 2.75) is 44.1 Å². The van der Waals surface area contributed by atoms with Gasteiger partial charge in [0.2, 0.25) is 10.0 Å². The summed E-state index contributed by atoms with van der Waals surface area (Å²) in [5, 5.41) is 10.7. The molecule has 1 aliphatic heterocycles. The van der Waals surface area contributed by atoms with Crippen molar-refractivity contribution in [3.8, 4) is 0 Å². The SMILES string of the molecule is CCC1CCCN(S(=O)(=O)c2csc(CO)c2)CC1. The van der Waals surface area contributed by atoms with Gasteiger partial charge in [-0.1, -0.05) is 13.3 Å². The number of rotatable bonds is 4. The van der Waals surface area contributed by atoms with Crippen LogP contribution in [0.15, 0.2) is 16.3 Å². The minimum Gasteiger partial charge on any atom is -0.391 e. The first kappa shape index (κ1) is 15.0. The zero-order chi connectivity index (χ0) is 13.9. The van der Waals surface area contributed by atoms with E-state index < -0.39 is 10.0 Å². The van der Waals surface area contributed by atoms with E-state index in [1.807, 2.05) is 0 Å². The number of hydrogen-bond acceptors (Lipinski definition) is 4. The molecule has 0 bridgehead atoms. The second kappa shape index (κ2) is 6.35. The second-order valence-corrected chi connectivity index (χ2v) is 7.95. The zero-order valence-electron chi connectivity index (χ0n) is 11.2. The van der Waals surface area contributed by atoms with Crippen molar-refractivity contribution in [3.63, 3.8) is 0 Å². The van der Waals surface area contributed by atoms with Crippen LogP contribution < -0.4 is 0 Å². The number of aliphatic hydroxyl groups excluding tert-OH is 1. The Kier molecular flexibility index (Phi) is 5.00. The predicted octanol–water partition coefficient (Wildman–Crippen LogP) is 2.44. The monoisotopic (exact) mass is 303 g/mol. The van der Waals surface area contributed by atoms with Gasteiger partial charge in [0.15, 0.2) is 0 Å². The van der Waals surface area contributed by atoms with Crippen molar-refractivity contribution in [1.82, 2.24) is 4.31 Å². The average Bonchev–Trinajstić information content (AvgIpc) is 2.76. The summed E-state index contributed by atoms with van der Waals surface area (Å²) in [6.45, 7) is 3.30. The van der Waals surface area contributed by atoms with Gasteiger partial charge in [0, 0.05) is 23.3 Å². The summed E-state index contributed by atoms with van der Waals surface area (Å²) in [6.07, 6.45) is 4.14. The third-order valence-electron chi connectivity index (χ3n) is 3.81. The van der Waals surface area contributed by atoms with Crippen LogP contribution >= 0.6 is 11.3 Å². The van der Waals surface area contributed by atoms with E-state index in [0.29, 0.717) is 28.8 Å². The fourth-order valence-corrected chi connectivity index (χ4v) is 5.13. The normalized spacial score (nSPS) is 22.3. The van der Waals surface area contributed by atoms with E-state index in [1.165, 1.54) is 11.3 Å². The number of sulfonamides is 1. The molecule has 1 fully saturated rings. The zero-order valence-corrected chi connectivity index (χ0v) is 12.8. The summed E-state index contributed by atoms with van der Waals surface area (Å²) < 4.78 is 26.6. The summed E-state index contributed by atoms with van der Waals surface area (Å²) >= 11 is 1.29. The van der Waals surface area contributed by atoms with E-state index in [0.717, 1.165) is 25.7 Å². The van der Waals surface area contributed by atoms with E-state index in [9.17, 15) is 8.42 Å². The minimum absolute atomic E-state index is 0.0991. The summed E-state index contributed by atoms with van der Waals surface area (Å²) in [5.74, 6) is 0.649. The summed E-state index contributed by atoms with van der Waals surface area (Å²) in [6, 6.07) is 1.59. The molecule has 1 aromatic rings. The van der Waals surface area contributed by atoms with Gasteiger partial charge in [0.05, 0.1) is 11.5 Å². The van der Waals surface area contributed by atoms with Gasteiger partial charge in [0.1, 0.15) is 0 Å². The lowest BCUT2D eigenvalue weighted by Crippen LogP contribution is -2.31.